The summed E-state index contributed by atoms with van der Waals surface area (Å²) in [6, 6.07) is 1.95. The number of hydrogen-bond donors (Lipinski definition) is 1. The van der Waals surface area contributed by atoms with Crippen LogP contribution in [0.5, 0.6) is 0 Å². The number of nitrogens with zero attached hydrogens (tertiary/aromatic N) is 5. The number of nitrogens with one attached hydrogen (secondary N) is 1. The van der Waals surface area contributed by atoms with E-state index in [4.69, 9.17) is 5.26 Å². The van der Waals surface area contributed by atoms with Crippen LogP contribution >= 0.6 is 0 Å². The second-order valence-electron chi connectivity index (χ2n) is 2.93. The van der Waals surface area contributed by atoms with Crippen molar-refractivity contribution in [3.63, 3.8) is 0 Å². The van der Waals surface area contributed by atoms with E-state index in [2.05, 4.69) is 20.4 Å². The van der Waals surface area contributed by atoms with Crippen LogP contribution in [0.15, 0.2) is 24.8 Å². The summed E-state index contributed by atoms with van der Waals surface area (Å²) in [6.45, 7) is 0. The molecule has 2 aromatic heterocycles. The first-order chi connectivity index (χ1) is 7.28. The topological polar surface area (TPSA) is 79.4 Å². The molecule has 74 valence electrons. The molecule has 6 nitrogen and oxygen atoms in total. The van der Waals surface area contributed by atoms with Crippen LogP contribution in [0.1, 0.15) is 5.56 Å². The summed E-state index contributed by atoms with van der Waals surface area (Å²) in [7, 11) is 1.82. The molecule has 6 heteroatoms. The highest BCUT2D eigenvalue weighted by molar-refractivity contribution is 5.50. The van der Waals surface area contributed by atoms with Gasteiger partial charge in [0.05, 0.1) is 29.8 Å². The Balaban J connectivity index is 2.15. The van der Waals surface area contributed by atoms with Gasteiger partial charge in [-0.2, -0.15) is 10.4 Å². The first-order valence-corrected chi connectivity index (χ1v) is 4.26. The average Bonchev–Trinajstić information content (AvgIpc) is 2.65. The maximum atomic E-state index is 8.56. The molecule has 0 aliphatic carbocycles. The highest BCUT2D eigenvalue weighted by Gasteiger charge is 1.99. The number of nitriles is 1. The monoisotopic (exact) mass is 200 g/mol. The van der Waals surface area contributed by atoms with Gasteiger partial charge in [0, 0.05) is 13.2 Å². The predicted octanol–water partition coefficient (Wildman–Crippen LogP) is 0.825. The fourth-order valence-electron chi connectivity index (χ4n) is 1.07. The van der Waals surface area contributed by atoms with Gasteiger partial charge in [0.1, 0.15) is 6.07 Å². The lowest BCUT2D eigenvalue weighted by Gasteiger charge is -1.99. The van der Waals surface area contributed by atoms with E-state index in [9.17, 15) is 0 Å². The van der Waals surface area contributed by atoms with Crippen molar-refractivity contribution in [1.82, 2.24) is 19.7 Å². The Kier molecular flexibility index (Phi) is 2.29. The number of aromatic nitrogens is 4. The lowest BCUT2D eigenvalue weighted by Crippen LogP contribution is -1.95. The fourth-order valence-corrected chi connectivity index (χ4v) is 1.07. The first-order valence-electron chi connectivity index (χ1n) is 4.26. The summed E-state index contributed by atoms with van der Waals surface area (Å²) >= 11 is 0. The Morgan fingerprint density at radius 2 is 2.07 bits per heavy atom. The second-order valence-corrected chi connectivity index (χ2v) is 2.93. The molecule has 1 N–H and O–H groups in total. The van der Waals surface area contributed by atoms with Crippen LogP contribution in [-0.2, 0) is 7.05 Å². The van der Waals surface area contributed by atoms with E-state index in [0.717, 1.165) is 5.69 Å². The number of hydrogen-bond acceptors (Lipinski definition) is 5. The third-order valence-corrected chi connectivity index (χ3v) is 1.74. The zero-order chi connectivity index (χ0) is 10.7. The minimum atomic E-state index is 0.437. The van der Waals surface area contributed by atoms with E-state index in [1.54, 1.807) is 10.9 Å². The second kappa shape index (κ2) is 3.75. The maximum absolute atomic E-state index is 8.56. The van der Waals surface area contributed by atoms with E-state index in [-0.39, 0.29) is 0 Å². The summed E-state index contributed by atoms with van der Waals surface area (Å²) in [5.41, 5.74) is 1.24. The molecule has 2 heterocycles. The largest absolute Gasteiger partial charge is 0.321 e. The zero-order valence-corrected chi connectivity index (χ0v) is 8.05. The zero-order valence-electron chi connectivity index (χ0n) is 8.05. The van der Waals surface area contributed by atoms with Crippen LogP contribution in [0.4, 0.5) is 11.6 Å². The van der Waals surface area contributed by atoms with Gasteiger partial charge >= 0.3 is 0 Å². The Labute approximate surface area is 86.2 Å². The van der Waals surface area contributed by atoms with Crippen molar-refractivity contribution in [2.45, 2.75) is 0 Å². The molecule has 15 heavy (non-hydrogen) atoms. The van der Waals surface area contributed by atoms with Gasteiger partial charge in [-0.1, -0.05) is 0 Å². The van der Waals surface area contributed by atoms with E-state index in [1.807, 2.05) is 19.3 Å². The van der Waals surface area contributed by atoms with E-state index in [0.29, 0.717) is 11.5 Å². The van der Waals surface area contributed by atoms with Crippen LogP contribution in [0.2, 0.25) is 0 Å². The highest BCUT2D eigenvalue weighted by Crippen LogP contribution is 2.09. The Morgan fingerprint density at radius 3 is 2.60 bits per heavy atom. The van der Waals surface area contributed by atoms with E-state index >= 15 is 0 Å². The molecule has 0 aliphatic heterocycles. The van der Waals surface area contributed by atoms with Gasteiger partial charge in [-0.3, -0.25) is 4.68 Å². The van der Waals surface area contributed by atoms with Gasteiger partial charge in [-0.05, 0) is 0 Å². The van der Waals surface area contributed by atoms with Gasteiger partial charge in [-0.25, -0.2) is 9.97 Å². The van der Waals surface area contributed by atoms with Crippen molar-refractivity contribution in [2.24, 2.45) is 7.05 Å². The summed E-state index contributed by atoms with van der Waals surface area (Å²) in [6.07, 6.45) is 6.40. The summed E-state index contributed by atoms with van der Waals surface area (Å²) in [5, 5.41) is 15.5. The third-order valence-electron chi connectivity index (χ3n) is 1.74. The highest BCUT2D eigenvalue weighted by atomic mass is 15.3. The summed E-state index contributed by atoms with van der Waals surface area (Å²) in [4.78, 5) is 7.94. The molecule has 0 aliphatic rings. The van der Waals surface area contributed by atoms with Crippen molar-refractivity contribution in [3.8, 4) is 6.07 Å². The molecule has 2 rings (SSSR count). The number of aryl methyl sites for hydroxylation is 1. The molecule has 0 bridgehead atoms. The molecule has 2 aromatic rings. The van der Waals surface area contributed by atoms with Gasteiger partial charge in [0.2, 0.25) is 5.95 Å². The first kappa shape index (κ1) is 9.15. The third kappa shape index (κ3) is 2.08. The molecule has 0 aromatic carbocycles. The predicted molar refractivity (Wildman–Crippen MR) is 53.2 cm³/mol. The van der Waals surface area contributed by atoms with Crippen molar-refractivity contribution >= 4 is 11.6 Å². The minimum absolute atomic E-state index is 0.437. The lowest BCUT2D eigenvalue weighted by molar-refractivity contribution is 0.768. The van der Waals surface area contributed by atoms with Gasteiger partial charge in [-0.15, -0.1) is 0 Å². The smallest absolute Gasteiger partial charge is 0.227 e. The Morgan fingerprint density at radius 1 is 1.33 bits per heavy atom. The Hall–Kier alpha value is -2.42. The number of anilines is 2. The SMILES string of the molecule is Cn1cc(Nc2ncc(C#N)cn2)cn1. The molecule has 0 radical (unpaired) electrons. The van der Waals surface area contributed by atoms with Crippen molar-refractivity contribution in [2.75, 3.05) is 5.32 Å². The van der Waals surface area contributed by atoms with Gasteiger partial charge < -0.3 is 5.32 Å². The molecular weight excluding hydrogens is 192 g/mol. The Bertz CT molecular complexity index is 492. The fraction of sp³-hybridized carbons (Fsp3) is 0.111. The van der Waals surface area contributed by atoms with Gasteiger partial charge in [0.15, 0.2) is 0 Å². The maximum Gasteiger partial charge on any atom is 0.227 e. The van der Waals surface area contributed by atoms with E-state index in [1.165, 1.54) is 12.4 Å². The van der Waals surface area contributed by atoms with Gasteiger partial charge in [0.25, 0.3) is 0 Å². The molecule has 0 amide bonds. The van der Waals surface area contributed by atoms with Crippen LogP contribution in [0.3, 0.4) is 0 Å². The quantitative estimate of drug-likeness (QED) is 0.776. The van der Waals surface area contributed by atoms with Crippen molar-refractivity contribution in [3.05, 3.63) is 30.4 Å². The lowest BCUT2D eigenvalue weighted by atomic mass is 10.4. The van der Waals surface area contributed by atoms with Crippen LogP contribution in [0.25, 0.3) is 0 Å². The van der Waals surface area contributed by atoms with Crippen molar-refractivity contribution in [1.29, 1.82) is 5.26 Å². The molecular formula is C9H8N6. The van der Waals surface area contributed by atoms with Crippen LogP contribution < -0.4 is 5.32 Å². The normalized spacial score (nSPS) is 9.60. The molecule has 0 saturated heterocycles. The van der Waals surface area contributed by atoms with Crippen LogP contribution in [-0.4, -0.2) is 19.7 Å². The molecule has 0 unspecified atom stereocenters. The summed E-state index contributed by atoms with van der Waals surface area (Å²) < 4.78 is 1.67. The minimum Gasteiger partial charge on any atom is -0.321 e. The number of rotatable bonds is 2. The standard InChI is InChI=1S/C9H8N6/c1-15-6-8(5-13-15)14-9-11-3-7(2-10)4-12-9/h3-6H,1H3,(H,11,12,14). The molecule has 0 spiro atoms. The average molecular weight is 200 g/mol. The summed E-state index contributed by atoms with van der Waals surface area (Å²) in [5.74, 6) is 0.446. The molecule has 0 saturated carbocycles. The van der Waals surface area contributed by atoms with Crippen molar-refractivity contribution < 1.29 is 0 Å². The van der Waals surface area contributed by atoms with E-state index < -0.39 is 0 Å². The molecule has 0 fully saturated rings. The van der Waals surface area contributed by atoms with Crippen LogP contribution in [0, 0.1) is 11.3 Å². The molecule has 0 atom stereocenters.